The average molecular weight is 751 g/mol. The van der Waals surface area contributed by atoms with E-state index >= 15 is 0 Å². The molecule has 0 aliphatic heterocycles. The Bertz CT molecular complexity index is 4110. The van der Waals surface area contributed by atoms with E-state index in [9.17, 15) is 0 Å². The SMILES string of the molecule is [2H]c1c([2H])c([2H])c(-c2ccc(-c3c4ccccc4c(-c4ccc5c6cccc7c8ccccc8n(c5c4)c76)c4cc(-c5cccc6ccccc56)ccc34)c3ccccc23)c([2H])c1[2H]. The summed E-state index contributed by atoms with van der Waals surface area (Å²) < 4.78 is 45.5. The van der Waals surface area contributed by atoms with E-state index in [-0.39, 0.29) is 29.7 Å². The average Bonchev–Trinajstić information content (AvgIpc) is 3.86. The van der Waals surface area contributed by atoms with E-state index in [0.29, 0.717) is 5.56 Å². The van der Waals surface area contributed by atoms with Gasteiger partial charge in [0.05, 0.1) is 23.4 Å². The van der Waals surface area contributed by atoms with Crippen molar-refractivity contribution in [3.8, 4) is 44.5 Å². The van der Waals surface area contributed by atoms with E-state index in [1.165, 1.54) is 54.4 Å². The summed E-state index contributed by atoms with van der Waals surface area (Å²) in [6.07, 6.45) is 0. The molecule has 0 atom stereocenters. The highest BCUT2D eigenvalue weighted by Gasteiger charge is 2.22. The van der Waals surface area contributed by atoms with Crippen molar-refractivity contribution in [2.45, 2.75) is 0 Å². The first-order valence-electron chi connectivity index (χ1n) is 22.6. The number of aromatic nitrogens is 1. The van der Waals surface area contributed by atoms with Crippen molar-refractivity contribution < 1.29 is 6.85 Å². The molecule has 0 fully saturated rings. The first kappa shape index (κ1) is 27.8. The maximum atomic E-state index is 8.90. The first-order chi connectivity index (χ1) is 31.4. The summed E-state index contributed by atoms with van der Waals surface area (Å²) >= 11 is 0. The molecule has 13 aromatic rings. The van der Waals surface area contributed by atoms with Gasteiger partial charge in [-0.15, -0.1) is 0 Å². The molecule has 0 saturated heterocycles. The molecule has 0 aliphatic carbocycles. The Hall–Kier alpha value is -7.74. The monoisotopic (exact) mass is 750 g/mol. The molecular formula is C58H35N. The molecular weight excluding hydrogens is 711 g/mol. The zero-order chi connectivity index (χ0) is 43.0. The Morgan fingerprint density at radius 3 is 1.66 bits per heavy atom. The Kier molecular flexibility index (Phi) is 5.83. The summed E-state index contributed by atoms with van der Waals surface area (Å²) in [5.41, 5.74) is 11.1. The lowest BCUT2D eigenvalue weighted by Crippen LogP contribution is -1.93. The molecule has 272 valence electrons. The van der Waals surface area contributed by atoms with E-state index in [0.717, 1.165) is 60.1 Å². The van der Waals surface area contributed by atoms with Crippen LogP contribution in [0.3, 0.4) is 0 Å². The van der Waals surface area contributed by atoms with Crippen LogP contribution in [0.4, 0.5) is 0 Å². The largest absolute Gasteiger partial charge is 0.308 e. The van der Waals surface area contributed by atoms with Crippen molar-refractivity contribution in [3.05, 3.63) is 212 Å². The van der Waals surface area contributed by atoms with Gasteiger partial charge in [0.25, 0.3) is 0 Å². The summed E-state index contributed by atoms with van der Waals surface area (Å²) in [6, 6.07) is 63.6. The zero-order valence-corrected chi connectivity index (χ0v) is 31.8. The molecule has 13 rings (SSSR count). The number of nitrogens with zero attached hydrogens (tertiary/aromatic N) is 1. The first-order valence-corrected chi connectivity index (χ1v) is 20.1. The van der Waals surface area contributed by atoms with Crippen molar-refractivity contribution in [1.82, 2.24) is 4.40 Å². The quantitative estimate of drug-likeness (QED) is 0.158. The van der Waals surface area contributed by atoms with Gasteiger partial charge in [-0.1, -0.05) is 194 Å². The van der Waals surface area contributed by atoms with Crippen LogP contribution in [0.15, 0.2) is 212 Å². The van der Waals surface area contributed by atoms with Gasteiger partial charge >= 0.3 is 0 Å². The topological polar surface area (TPSA) is 4.41 Å². The Morgan fingerprint density at radius 2 is 0.847 bits per heavy atom. The number of fused-ring (bicyclic) bond motifs is 10. The third-order valence-electron chi connectivity index (χ3n) is 12.6. The van der Waals surface area contributed by atoms with Gasteiger partial charge in [0.1, 0.15) is 0 Å². The van der Waals surface area contributed by atoms with Crippen LogP contribution in [0.25, 0.3) is 126 Å². The molecule has 0 unspecified atom stereocenters. The summed E-state index contributed by atoms with van der Waals surface area (Å²) in [6.45, 7) is 0. The van der Waals surface area contributed by atoms with E-state index in [1.54, 1.807) is 0 Å². The minimum Gasteiger partial charge on any atom is -0.308 e. The van der Waals surface area contributed by atoms with Crippen LogP contribution in [0.5, 0.6) is 0 Å². The van der Waals surface area contributed by atoms with Gasteiger partial charge in [0, 0.05) is 21.5 Å². The fourth-order valence-corrected chi connectivity index (χ4v) is 10.1. The molecule has 2 heterocycles. The molecule has 1 nitrogen and oxygen atoms in total. The number of hydrogen-bond donors (Lipinski definition) is 0. The van der Waals surface area contributed by atoms with Gasteiger partial charge in [-0.3, -0.25) is 0 Å². The van der Waals surface area contributed by atoms with Gasteiger partial charge in [0.2, 0.25) is 0 Å². The second-order valence-electron chi connectivity index (χ2n) is 15.6. The molecule has 11 aromatic carbocycles. The molecule has 0 saturated carbocycles. The number of para-hydroxylation sites is 2. The Labute approximate surface area is 348 Å². The van der Waals surface area contributed by atoms with Gasteiger partial charge in [-0.25, -0.2) is 0 Å². The number of benzene rings is 11. The fraction of sp³-hybridized carbons (Fsp3) is 0. The van der Waals surface area contributed by atoms with Crippen LogP contribution in [-0.2, 0) is 0 Å². The minimum absolute atomic E-state index is 0.199. The minimum atomic E-state index is -0.400. The zero-order valence-electron chi connectivity index (χ0n) is 36.8. The van der Waals surface area contributed by atoms with Gasteiger partial charge in [-0.2, -0.15) is 0 Å². The fourth-order valence-electron chi connectivity index (χ4n) is 10.1. The molecule has 0 aliphatic rings. The molecule has 59 heavy (non-hydrogen) atoms. The lowest BCUT2D eigenvalue weighted by atomic mass is 9.82. The third kappa shape index (κ3) is 4.62. The highest BCUT2D eigenvalue weighted by molar-refractivity contribution is 6.27. The molecule has 0 amide bonds. The van der Waals surface area contributed by atoms with E-state index in [1.807, 2.05) is 24.3 Å². The summed E-state index contributed by atoms with van der Waals surface area (Å²) in [7, 11) is 0. The van der Waals surface area contributed by atoms with Crippen molar-refractivity contribution in [3.63, 3.8) is 0 Å². The van der Waals surface area contributed by atoms with Crippen LogP contribution in [0, 0.1) is 0 Å². The molecule has 0 bridgehead atoms. The smallest absolute Gasteiger partial charge is 0.0629 e. The van der Waals surface area contributed by atoms with Crippen LogP contribution in [-0.4, -0.2) is 4.40 Å². The predicted octanol–water partition coefficient (Wildman–Crippen LogP) is 16.1. The normalized spacial score (nSPS) is 13.3. The Morgan fingerprint density at radius 1 is 0.305 bits per heavy atom. The van der Waals surface area contributed by atoms with E-state index in [2.05, 4.69) is 162 Å². The van der Waals surface area contributed by atoms with Gasteiger partial charge in [0.15, 0.2) is 0 Å². The summed E-state index contributed by atoms with van der Waals surface area (Å²) in [4.78, 5) is 0. The van der Waals surface area contributed by atoms with Crippen molar-refractivity contribution >= 4 is 81.2 Å². The van der Waals surface area contributed by atoms with Crippen LogP contribution >= 0.6 is 0 Å². The standard InChI is InChI=1S/C58H35N/c1-2-14-36(15-3-1)42-32-33-49(44-20-7-6-19-43(42)44)57-48-23-9-8-22-47(48)56(53-34-38(28-31-50(53)57)41-24-12-17-37-16-4-5-18-40(37)41)39-29-30-46-52-26-13-25-51-45-21-10-11-27-54(45)59(58(51)52)55(46)35-39/h1-35H/i1D,2D,3D,14D,15D. The van der Waals surface area contributed by atoms with E-state index in [4.69, 9.17) is 6.85 Å². The lowest BCUT2D eigenvalue weighted by molar-refractivity contribution is 1.37. The molecule has 0 radical (unpaired) electrons. The molecule has 2 aromatic heterocycles. The summed E-state index contributed by atoms with van der Waals surface area (Å²) in [5, 5.41) is 13.5. The van der Waals surface area contributed by atoms with Crippen molar-refractivity contribution in [2.24, 2.45) is 0 Å². The van der Waals surface area contributed by atoms with Crippen LogP contribution < -0.4 is 0 Å². The maximum absolute atomic E-state index is 8.90. The molecule has 0 N–H and O–H groups in total. The van der Waals surface area contributed by atoms with Crippen molar-refractivity contribution in [1.29, 1.82) is 0 Å². The maximum Gasteiger partial charge on any atom is 0.0629 e. The predicted molar refractivity (Wildman–Crippen MR) is 253 cm³/mol. The summed E-state index contributed by atoms with van der Waals surface area (Å²) in [5.74, 6) is 0. The van der Waals surface area contributed by atoms with Gasteiger partial charge < -0.3 is 4.40 Å². The molecule has 0 spiro atoms. The van der Waals surface area contributed by atoms with Crippen LogP contribution in [0.2, 0.25) is 0 Å². The highest BCUT2D eigenvalue weighted by Crippen LogP contribution is 2.49. The van der Waals surface area contributed by atoms with Crippen molar-refractivity contribution in [2.75, 3.05) is 0 Å². The second kappa shape index (κ2) is 12.4. The second-order valence-corrected chi connectivity index (χ2v) is 15.6. The van der Waals surface area contributed by atoms with Gasteiger partial charge in [-0.05, 0) is 106 Å². The van der Waals surface area contributed by atoms with Crippen LogP contribution in [0.1, 0.15) is 6.85 Å². The Balaban J connectivity index is 1.15. The lowest BCUT2D eigenvalue weighted by Gasteiger charge is -2.21. The highest BCUT2D eigenvalue weighted by atomic mass is 14.9. The number of rotatable bonds is 4. The number of hydrogen-bond acceptors (Lipinski definition) is 0. The molecule has 1 heteroatoms. The van der Waals surface area contributed by atoms with E-state index < -0.39 is 6.04 Å². The third-order valence-corrected chi connectivity index (χ3v) is 12.6.